The molecule has 0 aliphatic carbocycles. The second kappa shape index (κ2) is 7.89. The van der Waals surface area contributed by atoms with Crippen molar-refractivity contribution in [3.05, 3.63) is 22.4 Å². The molecule has 0 atom stereocenters. The Morgan fingerprint density at radius 3 is 3.15 bits per heavy atom. The fourth-order valence-electron chi connectivity index (χ4n) is 2.23. The molecule has 2 rings (SSSR count). The van der Waals surface area contributed by atoms with Gasteiger partial charge in [0.2, 0.25) is 5.91 Å². The van der Waals surface area contributed by atoms with Crippen LogP contribution in [0.15, 0.2) is 22.5 Å². The van der Waals surface area contributed by atoms with Crippen molar-refractivity contribution in [2.45, 2.75) is 25.7 Å². The molecule has 1 aromatic rings. The van der Waals surface area contributed by atoms with E-state index in [1.165, 1.54) is 4.88 Å². The molecule has 0 unspecified atom stereocenters. The number of nitrogens with one attached hydrogen (secondary N) is 1. The summed E-state index contributed by atoms with van der Waals surface area (Å²) in [7, 11) is 0. The van der Waals surface area contributed by atoms with Crippen molar-refractivity contribution >= 4 is 23.2 Å². The van der Waals surface area contributed by atoms with Gasteiger partial charge in [-0.3, -0.25) is 9.79 Å². The van der Waals surface area contributed by atoms with Crippen molar-refractivity contribution in [2.75, 3.05) is 26.2 Å². The smallest absolute Gasteiger partial charge is 0.222 e. The first-order chi connectivity index (χ1) is 9.75. The maximum atomic E-state index is 11.4. The number of likely N-dealkylation sites (tertiary alicyclic amines) is 1. The second-order valence-corrected chi connectivity index (χ2v) is 5.89. The molecule has 5 nitrogen and oxygen atoms in total. The molecule has 0 saturated carbocycles. The van der Waals surface area contributed by atoms with E-state index < -0.39 is 0 Å². The van der Waals surface area contributed by atoms with Gasteiger partial charge in [-0.05, 0) is 30.7 Å². The van der Waals surface area contributed by atoms with Crippen LogP contribution in [-0.2, 0) is 11.2 Å². The lowest BCUT2D eigenvalue weighted by molar-refractivity contribution is -0.127. The normalized spacial score (nSPS) is 15.9. The minimum atomic E-state index is 0.274. The summed E-state index contributed by atoms with van der Waals surface area (Å²) in [5.74, 6) is 0.769. The number of amides is 1. The Bertz CT molecular complexity index is 444. The fraction of sp³-hybridized carbons (Fsp3) is 0.571. The summed E-state index contributed by atoms with van der Waals surface area (Å²) >= 11 is 1.75. The van der Waals surface area contributed by atoms with Gasteiger partial charge in [-0.15, -0.1) is 11.3 Å². The number of carbonyl (C=O) groups is 1. The molecular formula is C14H22N4OS. The van der Waals surface area contributed by atoms with E-state index in [1.807, 2.05) is 4.90 Å². The molecule has 1 aromatic heterocycles. The van der Waals surface area contributed by atoms with Crippen LogP contribution in [0.3, 0.4) is 0 Å². The predicted molar refractivity (Wildman–Crippen MR) is 82.9 cm³/mol. The van der Waals surface area contributed by atoms with Gasteiger partial charge in [0.15, 0.2) is 5.96 Å². The predicted octanol–water partition coefficient (Wildman–Crippen LogP) is 1.21. The molecule has 1 aliphatic rings. The van der Waals surface area contributed by atoms with E-state index in [4.69, 9.17) is 5.73 Å². The minimum absolute atomic E-state index is 0.274. The van der Waals surface area contributed by atoms with Crippen LogP contribution in [0.2, 0.25) is 0 Å². The number of rotatable bonds is 7. The highest BCUT2D eigenvalue weighted by Crippen LogP contribution is 2.09. The average molecular weight is 294 g/mol. The Morgan fingerprint density at radius 1 is 1.55 bits per heavy atom. The molecule has 110 valence electrons. The number of carbonyl (C=O) groups excluding carboxylic acids is 1. The summed E-state index contributed by atoms with van der Waals surface area (Å²) < 4.78 is 0. The lowest BCUT2D eigenvalue weighted by atomic mass is 10.3. The van der Waals surface area contributed by atoms with Crippen molar-refractivity contribution in [1.29, 1.82) is 0 Å². The zero-order valence-electron chi connectivity index (χ0n) is 11.7. The first-order valence-electron chi connectivity index (χ1n) is 7.09. The first kappa shape index (κ1) is 14.8. The van der Waals surface area contributed by atoms with Crippen LogP contribution in [0.4, 0.5) is 0 Å². The highest BCUT2D eigenvalue weighted by atomic mass is 32.1. The Morgan fingerprint density at radius 2 is 2.45 bits per heavy atom. The third kappa shape index (κ3) is 4.85. The van der Waals surface area contributed by atoms with Crippen LogP contribution >= 0.6 is 11.3 Å². The van der Waals surface area contributed by atoms with E-state index in [0.717, 1.165) is 38.9 Å². The maximum absolute atomic E-state index is 11.4. The lowest BCUT2D eigenvalue weighted by Gasteiger charge is -2.14. The number of guanidine groups is 1. The maximum Gasteiger partial charge on any atom is 0.222 e. The molecule has 0 radical (unpaired) electrons. The molecule has 1 amide bonds. The Kier molecular flexibility index (Phi) is 5.86. The number of thiophene rings is 1. The number of nitrogens with two attached hydrogens (primary N) is 1. The van der Waals surface area contributed by atoms with Gasteiger partial charge in [0.1, 0.15) is 0 Å². The molecule has 1 fully saturated rings. The van der Waals surface area contributed by atoms with Crippen molar-refractivity contribution in [3.8, 4) is 0 Å². The third-order valence-electron chi connectivity index (χ3n) is 3.30. The lowest BCUT2D eigenvalue weighted by Crippen LogP contribution is -2.33. The van der Waals surface area contributed by atoms with E-state index in [1.54, 1.807) is 11.3 Å². The first-order valence-corrected chi connectivity index (χ1v) is 7.97. The molecule has 1 aliphatic heterocycles. The van der Waals surface area contributed by atoms with Crippen LogP contribution in [0, 0.1) is 0 Å². The number of aliphatic imine (C=N–C) groups is 1. The highest BCUT2D eigenvalue weighted by Gasteiger charge is 2.18. The quantitative estimate of drug-likeness (QED) is 0.451. The molecule has 20 heavy (non-hydrogen) atoms. The topological polar surface area (TPSA) is 70.7 Å². The third-order valence-corrected chi connectivity index (χ3v) is 4.23. The molecular weight excluding hydrogens is 272 g/mol. The SMILES string of the molecule is NC(=NCCCN1CCCC1=O)NCCc1cccs1. The molecule has 1 saturated heterocycles. The van der Waals surface area contributed by atoms with Crippen LogP contribution < -0.4 is 11.1 Å². The monoisotopic (exact) mass is 294 g/mol. The van der Waals surface area contributed by atoms with Gasteiger partial charge in [-0.2, -0.15) is 0 Å². The van der Waals surface area contributed by atoms with Crippen LogP contribution in [0.5, 0.6) is 0 Å². The van der Waals surface area contributed by atoms with Crippen LogP contribution in [0.1, 0.15) is 24.1 Å². The van der Waals surface area contributed by atoms with Gasteiger partial charge in [0.05, 0.1) is 0 Å². The van der Waals surface area contributed by atoms with Crippen molar-refractivity contribution in [3.63, 3.8) is 0 Å². The Labute approximate surface area is 123 Å². The van der Waals surface area contributed by atoms with E-state index in [2.05, 4.69) is 27.8 Å². The summed E-state index contributed by atoms with van der Waals surface area (Å²) in [5, 5.41) is 5.19. The molecule has 6 heteroatoms. The van der Waals surface area contributed by atoms with Gasteiger partial charge in [0, 0.05) is 37.5 Å². The van der Waals surface area contributed by atoms with Gasteiger partial charge in [0.25, 0.3) is 0 Å². The summed E-state index contributed by atoms with van der Waals surface area (Å²) in [5.41, 5.74) is 5.80. The van der Waals surface area contributed by atoms with Crippen molar-refractivity contribution in [2.24, 2.45) is 10.7 Å². The van der Waals surface area contributed by atoms with Gasteiger partial charge < -0.3 is 16.0 Å². The fourth-order valence-corrected chi connectivity index (χ4v) is 2.94. The summed E-state index contributed by atoms with van der Waals surface area (Å²) in [6.07, 6.45) is 3.54. The second-order valence-electron chi connectivity index (χ2n) is 4.86. The standard InChI is InChI=1S/C14H22N4OS/c15-14(17-8-6-12-4-2-11-20-12)16-7-3-10-18-9-1-5-13(18)19/h2,4,11H,1,3,5-10H2,(H3,15,16,17). The number of hydrogen-bond acceptors (Lipinski definition) is 3. The zero-order valence-corrected chi connectivity index (χ0v) is 12.5. The Balaban J connectivity index is 1.55. The largest absolute Gasteiger partial charge is 0.370 e. The Hall–Kier alpha value is -1.56. The molecule has 2 heterocycles. The van der Waals surface area contributed by atoms with Gasteiger partial charge >= 0.3 is 0 Å². The van der Waals surface area contributed by atoms with E-state index in [0.29, 0.717) is 18.9 Å². The molecule has 3 N–H and O–H groups in total. The van der Waals surface area contributed by atoms with Gasteiger partial charge in [-0.1, -0.05) is 6.07 Å². The van der Waals surface area contributed by atoms with Crippen LogP contribution in [-0.4, -0.2) is 42.9 Å². The van der Waals surface area contributed by atoms with E-state index >= 15 is 0 Å². The van der Waals surface area contributed by atoms with E-state index in [-0.39, 0.29) is 5.91 Å². The van der Waals surface area contributed by atoms with Gasteiger partial charge in [-0.25, -0.2) is 0 Å². The zero-order chi connectivity index (χ0) is 14.2. The number of nitrogens with zero attached hydrogens (tertiary/aromatic N) is 2. The molecule has 0 bridgehead atoms. The van der Waals surface area contributed by atoms with Crippen molar-refractivity contribution in [1.82, 2.24) is 10.2 Å². The molecule has 0 aromatic carbocycles. The number of hydrogen-bond donors (Lipinski definition) is 2. The summed E-state index contributed by atoms with van der Waals surface area (Å²) in [6.45, 7) is 3.17. The minimum Gasteiger partial charge on any atom is -0.370 e. The highest BCUT2D eigenvalue weighted by molar-refractivity contribution is 7.09. The summed E-state index contributed by atoms with van der Waals surface area (Å²) in [6, 6.07) is 4.17. The molecule has 0 spiro atoms. The van der Waals surface area contributed by atoms with Crippen molar-refractivity contribution < 1.29 is 4.79 Å². The van der Waals surface area contributed by atoms with Crippen LogP contribution in [0.25, 0.3) is 0 Å². The summed E-state index contributed by atoms with van der Waals surface area (Å²) in [4.78, 5) is 18.9. The average Bonchev–Trinajstić information content (AvgIpc) is 3.07. The van der Waals surface area contributed by atoms with E-state index in [9.17, 15) is 4.79 Å².